The summed E-state index contributed by atoms with van der Waals surface area (Å²) in [4.78, 5) is 23.7. The zero-order valence-electron chi connectivity index (χ0n) is 11.9. The minimum Gasteiger partial charge on any atom is -0.466 e. The van der Waals surface area contributed by atoms with Gasteiger partial charge in [0.25, 0.3) is 5.69 Å². The van der Waals surface area contributed by atoms with Gasteiger partial charge < -0.3 is 9.64 Å². The molecular weight excluding hydrogens is 260 g/mol. The van der Waals surface area contributed by atoms with Crippen molar-refractivity contribution < 1.29 is 14.5 Å². The number of rotatable bonds is 8. The number of para-hydroxylation sites is 1. The van der Waals surface area contributed by atoms with Crippen molar-refractivity contribution >= 4 is 11.7 Å². The van der Waals surface area contributed by atoms with Crippen molar-refractivity contribution in [1.29, 1.82) is 0 Å². The monoisotopic (exact) mass is 280 g/mol. The maximum Gasteiger partial charge on any atom is 0.307 e. The van der Waals surface area contributed by atoms with Crippen LogP contribution in [0.3, 0.4) is 0 Å². The molecule has 6 heteroatoms. The van der Waals surface area contributed by atoms with Crippen LogP contribution in [0.4, 0.5) is 5.69 Å². The number of carbonyl (C=O) groups excluding carboxylic acids is 1. The molecule has 0 amide bonds. The number of benzene rings is 1. The molecule has 1 rings (SSSR count). The van der Waals surface area contributed by atoms with E-state index in [0.717, 1.165) is 0 Å². The fraction of sp³-hybridized carbons (Fsp3) is 0.500. The van der Waals surface area contributed by atoms with Crippen LogP contribution in [0.5, 0.6) is 0 Å². The maximum atomic E-state index is 11.2. The fourth-order valence-corrected chi connectivity index (χ4v) is 1.84. The van der Waals surface area contributed by atoms with Crippen LogP contribution in [-0.2, 0) is 16.0 Å². The van der Waals surface area contributed by atoms with E-state index in [2.05, 4.69) is 0 Å². The first-order chi connectivity index (χ1) is 9.54. The molecule has 20 heavy (non-hydrogen) atoms. The van der Waals surface area contributed by atoms with Crippen LogP contribution in [0.2, 0.25) is 0 Å². The molecule has 0 aliphatic heterocycles. The zero-order valence-corrected chi connectivity index (χ0v) is 11.9. The third-order valence-corrected chi connectivity index (χ3v) is 2.95. The van der Waals surface area contributed by atoms with Crippen molar-refractivity contribution in [2.75, 3.05) is 26.7 Å². The van der Waals surface area contributed by atoms with Gasteiger partial charge in [0, 0.05) is 24.7 Å². The summed E-state index contributed by atoms with van der Waals surface area (Å²) in [6.07, 6.45) is 0.914. The normalized spacial score (nSPS) is 10.6. The minimum atomic E-state index is -0.367. The number of likely N-dealkylation sites (N-methyl/N-ethyl adjacent to an activating group) is 1. The van der Waals surface area contributed by atoms with E-state index in [9.17, 15) is 14.9 Å². The van der Waals surface area contributed by atoms with Gasteiger partial charge in [-0.3, -0.25) is 14.9 Å². The highest BCUT2D eigenvalue weighted by molar-refractivity contribution is 5.69. The Kier molecular flexibility index (Phi) is 6.66. The lowest BCUT2D eigenvalue weighted by Gasteiger charge is -2.15. The van der Waals surface area contributed by atoms with E-state index < -0.39 is 0 Å². The highest BCUT2D eigenvalue weighted by atomic mass is 16.6. The second-order valence-electron chi connectivity index (χ2n) is 4.49. The summed E-state index contributed by atoms with van der Waals surface area (Å²) in [6, 6.07) is 6.72. The van der Waals surface area contributed by atoms with Crippen LogP contribution in [0.25, 0.3) is 0 Å². The molecule has 0 saturated heterocycles. The van der Waals surface area contributed by atoms with Crippen LogP contribution in [0.1, 0.15) is 18.9 Å². The van der Waals surface area contributed by atoms with Crippen LogP contribution < -0.4 is 0 Å². The Morgan fingerprint density at radius 2 is 2.05 bits per heavy atom. The molecule has 0 fully saturated rings. The summed E-state index contributed by atoms with van der Waals surface area (Å²) in [5, 5.41) is 10.9. The molecule has 0 unspecified atom stereocenters. The van der Waals surface area contributed by atoms with Crippen molar-refractivity contribution in [1.82, 2.24) is 4.90 Å². The van der Waals surface area contributed by atoms with Crippen molar-refractivity contribution in [3.05, 3.63) is 39.9 Å². The zero-order chi connectivity index (χ0) is 15.0. The van der Waals surface area contributed by atoms with Gasteiger partial charge in [0.1, 0.15) is 0 Å². The summed E-state index contributed by atoms with van der Waals surface area (Å²) in [5.74, 6) is -0.218. The van der Waals surface area contributed by atoms with E-state index in [1.54, 1.807) is 25.1 Å². The number of nitrogens with zero attached hydrogens (tertiary/aromatic N) is 2. The molecule has 0 atom stereocenters. The molecule has 0 bridgehead atoms. The van der Waals surface area contributed by atoms with Crippen molar-refractivity contribution in [2.45, 2.75) is 19.8 Å². The molecule has 0 aromatic heterocycles. The SMILES string of the molecule is CCOC(=O)CCN(C)CCc1ccccc1[N+](=O)[O-]. The van der Waals surface area contributed by atoms with Gasteiger partial charge in [-0.25, -0.2) is 0 Å². The number of carbonyl (C=O) groups is 1. The molecule has 0 heterocycles. The lowest BCUT2D eigenvalue weighted by molar-refractivity contribution is -0.385. The summed E-state index contributed by atoms with van der Waals surface area (Å²) in [7, 11) is 1.88. The molecule has 0 N–H and O–H groups in total. The Morgan fingerprint density at radius 3 is 2.70 bits per heavy atom. The molecule has 1 aromatic carbocycles. The quantitative estimate of drug-likeness (QED) is 0.414. The van der Waals surface area contributed by atoms with Crippen molar-refractivity contribution in [3.8, 4) is 0 Å². The number of hydrogen-bond donors (Lipinski definition) is 0. The summed E-state index contributed by atoms with van der Waals surface area (Å²) in [6.45, 7) is 3.40. The lowest BCUT2D eigenvalue weighted by atomic mass is 10.1. The lowest BCUT2D eigenvalue weighted by Crippen LogP contribution is -2.25. The Labute approximate surface area is 118 Å². The van der Waals surface area contributed by atoms with Gasteiger partial charge >= 0.3 is 5.97 Å². The molecule has 6 nitrogen and oxygen atoms in total. The average molecular weight is 280 g/mol. The maximum absolute atomic E-state index is 11.2. The molecule has 0 aliphatic carbocycles. The Morgan fingerprint density at radius 1 is 1.35 bits per heavy atom. The predicted octanol–water partition coefficient (Wildman–Crippen LogP) is 2.02. The van der Waals surface area contributed by atoms with E-state index >= 15 is 0 Å². The van der Waals surface area contributed by atoms with Gasteiger partial charge in [-0.1, -0.05) is 18.2 Å². The predicted molar refractivity (Wildman–Crippen MR) is 75.5 cm³/mol. The third kappa shape index (κ3) is 5.36. The van der Waals surface area contributed by atoms with Crippen LogP contribution in [-0.4, -0.2) is 42.5 Å². The summed E-state index contributed by atoms with van der Waals surface area (Å²) in [5.41, 5.74) is 0.853. The summed E-state index contributed by atoms with van der Waals surface area (Å²) >= 11 is 0. The van der Waals surface area contributed by atoms with Gasteiger partial charge in [-0.15, -0.1) is 0 Å². The first kappa shape index (κ1) is 16.1. The molecule has 0 radical (unpaired) electrons. The third-order valence-electron chi connectivity index (χ3n) is 2.95. The number of hydrogen-bond acceptors (Lipinski definition) is 5. The second-order valence-corrected chi connectivity index (χ2v) is 4.49. The molecule has 0 saturated carbocycles. The number of esters is 1. The molecular formula is C14H20N2O4. The standard InChI is InChI=1S/C14H20N2O4/c1-3-20-14(17)9-11-15(2)10-8-12-6-4-5-7-13(12)16(18)19/h4-7H,3,8-11H2,1-2H3. The number of nitro groups is 1. The van der Waals surface area contributed by atoms with Crippen LogP contribution in [0, 0.1) is 10.1 Å². The fourth-order valence-electron chi connectivity index (χ4n) is 1.84. The highest BCUT2D eigenvalue weighted by Crippen LogP contribution is 2.18. The van der Waals surface area contributed by atoms with Gasteiger partial charge in [-0.2, -0.15) is 0 Å². The van der Waals surface area contributed by atoms with Gasteiger partial charge in [-0.05, 0) is 20.4 Å². The first-order valence-electron chi connectivity index (χ1n) is 6.61. The molecule has 0 spiro atoms. The molecule has 1 aromatic rings. The Balaban J connectivity index is 2.43. The Hall–Kier alpha value is -1.95. The number of nitro benzene ring substituents is 1. The van der Waals surface area contributed by atoms with Gasteiger partial charge in [0.05, 0.1) is 18.0 Å². The molecule has 110 valence electrons. The van der Waals surface area contributed by atoms with Gasteiger partial charge in [0.2, 0.25) is 0 Å². The van der Waals surface area contributed by atoms with Crippen molar-refractivity contribution in [2.24, 2.45) is 0 Å². The highest BCUT2D eigenvalue weighted by Gasteiger charge is 2.13. The van der Waals surface area contributed by atoms with E-state index in [-0.39, 0.29) is 16.6 Å². The summed E-state index contributed by atoms with van der Waals surface area (Å²) < 4.78 is 4.85. The molecule has 0 aliphatic rings. The number of ether oxygens (including phenoxy) is 1. The van der Waals surface area contributed by atoms with E-state index in [1.165, 1.54) is 6.07 Å². The average Bonchev–Trinajstić information content (AvgIpc) is 2.43. The Bertz CT molecular complexity index is 462. The minimum absolute atomic E-state index is 0.145. The van der Waals surface area contributed by atoms with Crippen LogP contribution in [0.15, 0.2) is 24.3 Å². The van der Waals surface area contributed by atoms with Crippen LogP contribution >= 0.6 is 0 Å². The van der Waals surface area contributed by atoms with E-state index in [1.807, 2.05) is 11.9 Å². The largest absolute Gasteiger partial charge is 0.466 e. The van der Waals surface area contributed by atoms with Gasteiger partial charge in [0.15, 0.2) is 0 Å². The first-order valence-corrected chi connectivity index (χ1v) is 6.61. The van der Waals surface area contributed by atoms with E-state index in [4.69, 9.17) is 4.74 Å². The second kappa shape index (κ2) is 8.27. The smallest absolute Gasteiger partial charge is 0.307 e. The van der Waals surface area contributed by atoms with Crippen molar-refractivity contribution in [3.63, 3.8) is 0 Å². The topological polar surface area (TPSA) is 72.7 Å². The van der Waals surface area contributed by atoms with E-state index in [0.29, 0.717) is 38.1 Å².